The molecule has 0 amide bonds. The molecule has 2 rings (SSSR count). The summed E-state index contributed by atoms with van der Waals surface area (Å²) < 4.78 is 5.57. The molecular weight excluding hydrogens is 263 g/mol. The van der Waals surface area contributed by atoms with Gasteiger partial charge in [0.2, 0.25) is 0 Å². The lowest BCUT2D eigenvalue weighted by atomic mass is 9.55. The van der Waals surface area contributed by atoms with Gasteiger partial charge in [-0.25, -0.2) is 0 Å². The van der Waals surface area contributed by atoms with Crippen molar-refractivity contribution in [2.24, 2.45) is 11.5 Å². The Kier molecular flexibility index (Phi) is 5.14. The highest BCUT2D eigenvalue weighted by Gasteiger charge is 2.27. The molecule has 0 aromatic heterocycles. The Morgan fingerprint density at radius 1 is 1.10 bits per heavy atom. The second-order valence-electron chi connectivity index (χ2n) is 4.98. The fraction of sp³-hybridized carbons (Fsp3) is 0.188. The minimum atomic E-state index is -0.804. The Labute approximate surface area is 125 Å². The Bertz CT molecular complexity index is 587. The average molecular weight is 282 g/mol. The zero-order chi connectivity index (χ0) is 15.2. The largest absolute Gasteiger partial charge is 0.525 e. The highest BCUT2D eigenvalue weighted by Crippen LogP contribution is 1.99. The molecular formula is C16H19BN2O2. The zero-order valence-corrected chi connectivity index (χ0v) is 12.0. The predicted octanol–water partition coefficient (Wildman–Crippen LogP) is -0.0701. The molecule has 1 atom stereocenters. The van der Waals surface area contributed by atoms with Crippen molar-refractivity contribution in [3.8, 4) is 0 Å². The Morgan fingerprint density at radius 3 is 2.24 bits per heavy atom. The van der Waals surface area contributed by atoms with Crippen LogP contribution in [0.1, 0.15) is 5.56 Å². The second kappa shape index (κ2) is 7.06. The molecule has 1 unspecified atom stereocenters. The smallest absolute Gasteiger partial charge is 0.429 e. The van der Waals surface area contributed by atoms with Crippen LogP contribution in [-0.4, -0.2) is 25.5 Å². The summed E-state index contributed by atoms with van der Waals surface area (Å²) in [5, 5.41) is 0. The SMILES string of the molecule is Cc1ccc(B(OC(=O)C(N)CN)c2ccccc2)cc1. The lowest BCUT2D eigenvalue weighted by molar-refractivity contribution is -0.135. The number of nitrogens with two attached hydrogens (primary N) is 2. The number of benzene rings is 2. The molecule has 0 fully saturated rings. The van der Waals surface area contributed by atoms with Gasteiger partial charge in [-0.15, -0.1) is 0 Å². The van der Waals surface area contributed by atoms with Gasteiger partial charge >= 0.3 is 12.9 Å². The van der Waals surface area contributed by atoms with Gasteiger partial charge < -0.3 is 16.1 Å². The molecule has 0 bridgehead atoms. The van der Waals surface area contributed by atoms with Crippen LogP contribution in [0, 0.1) is 6.92 Å². The van der Waals surface area contributed by atoms with Gasteiger partial charge in [0, 0.05) is 6.54 Å². The maximum absolute atomic E-state index is 12.0. The fourth-order valence-electron chi connectivity index (χ4n) is 2.00. The number of carbonyl (C=O) groups excluding carboxylic acids is 1. The second-order valence-corrected chi connectivity index (χ2v) is 4.98. The summed E-state index contributed by atoms with van der Waals surface area (Å²) >= 11 is 0. The number of rotatable bonds is 5. The molecule has 4 nitrogen and oxygen atoms in total. The molecule has 2 aromatic carbocycles. The summed E-state index contributed by atoms with van der Waals surface area (Å²) in [5.41, 5.74) is 14.0. The summed E-state index contributed by atoms with van der Waals surface area (Å²) in [5.74, 6) is -0.494. The molecule has 0 radical (unpaired) electrons. The zero-order valence-electron chi connectivity index (χ0n) is 12.0. The van der Waals surface area contributed by atoms with Crippen LogP contribution in [0.2, 0.25) is 0 Å². The molecule has 108 valence electrons. The number of hydrogen-bond acceptors (Lipinski definition) is 4. The molecule has 0 aliphatic carbocycles. The molecule has 0 aliphatic heterocycles. The van der Waals surface area contributed by atoms with Gasteiger partial charge in [-0.1, -0.05) is 60.2 Å². The monoisotopic (exact) mass is 282 g/mol. The van der Waals surface area contributed by atoms with Crippen LogP contribution < -0.4 is 22.4 Å². The van der Waals surface area contributed by atoms with E-state index in [9.17, 15) is 4.79 Å². The Balaban J connectivity index is 2.31. The van der Waals surface area contributed by atoms with E-state index in [2.05, 4.69) is 0 Å². The number of carbonyl (C=O) groups is 1. The fourth-order valence-corrected chi connectivity index (χ4v) is 2.00. The van der Waals surface area contributed by atoms with Crippen LogP contribution >= 0.6 is 0 Å². The standard InChI is InChI=1S/C16H19BN2O2/c1-12-7-9-14(10-8-12)17(13-5-3-2-4-6-13)21-16(20)15(19)11-18/h2-10,15H,11,18-19H2,1H3. The third-order valence-electron chi connectivity index (χ3n) is 3.27. The molecule has 4 N–H and O–H groups in total. The van der Waals surface area contributed by atoms with E-state index in [1.807, 2.05) is 61.5 Å². The lowest BCUT2D eigenvalue weighted by Gasteiger charge is -2.17. The lowest BCUT2D eigenvalue weighted by Crippen LogP contribution is -2.50. The topological polar surface area (TPSA) is 78.3 Å². The van der Waals surface area contributed by atoms with Crippen molar-refractivity contribution in [2.75, 3.05) is 6.54 Å². The van der Waals surface area contributed by atoms with Crippen LogP contribution in [0.4, 0.5) is 0 Å². The van der Waals surface area contributed by atoms with E-state index in [0.717, 1.165) is 16.5 Å². The van der Waals surface area contributed by atoms with Crippen molar-refractivity contribution >= 4 is 23.8 Å². The van der Waals surface area contributed by atoms with Crippen molar-refractivity contribution in [1.82, 2.24) is 0 Å². The first-order chi connectivity index (χ1) is 10.1. The summed E-state index contributed by atoms with van der Waals surface area (Å²) in [6.45, 7) is 1.60. The van der Waals surface area contributed by atoms with Crippen molar-refractivity contribution in [3.05, 3.63) is 60.2 Å². The van der Waals surface area contributed by atoms with Crippen LogP contribution in [0.25, 0.3) is 0 Å². The summed E-state index contributed by atoms with van der Waals surface area (Å²) in [4.78, 5) is 12.0. The maximum atomic E-state index is 12.0. The van der Waals surface area contributed by atoms with Crippen molar-refractivity contribution < 1.29 is 9.45 Å². The molecule has 0 saturated heterocycles. The van der Waals surface area contributed by atoms with Crippen LogP contribution in [0.15, 0.2) is 54.6 Å². The van der Waals surface area contributed by atoms with Gasteiger partial charge in [0.25, 0.3) is 0 Å². The highest BCUT2D eigenvalue weighted by molar-refractivity contribution is 6.81. The van der Waals surface area contributed by atoms with Crippen LogP contribution in [0.3, 0.4) is 0 Å². The van der Waals surface area contributed by atoms with Crippen LogP contribution in [0.5, 0.6) is 0 Å². The Morgan fingerprint density at radius 2 is 1.67 bits per heavy atom. The van der Waals surface area contributed by atoms with Crippen molar-refractivity contribution in [3.63, 3.8) is 0 Å². The third-order valence-corrected chi connectivity index (χ3v) is 3.27. The highest BCUT2D eigenvalue weighted by atomic mass is 16.5. The van der Waals surface area contributed by atoms with E-state index in [-0.39, 0.29) is 6.54 Å². The van der Waals surface area contributed by atoms with Gasteiger partial charge in [-0.05, 0) is 17.8 Å². The van der Waals surface area contributed by atoms with Gasteiger partial charge in [0.05, 0.1) is 0 Å². The quantitative estimate of drug-likeness (QED) is 0.752. The normalized spacial score (nSPS) is 11.8. The van der Waals surface area contributed by atoms with Crippen molar-refractivity contribution in [1.29, 1.82) is 0 Å². The van der Waals surface area contributed by atoms with Crippen LogP contribution in [-0.2, 0) is 9.45 Å². The predicted molar refractivity (Wildman–Crippen MR) is 85.8 cm³/mol. The molecule has 21 heavy (non-hydrogen) atoms. The van der Waals surface area contributed by atoms with E-state index in [0.29, 0.717) is 0 Å². The van der Waals surface area contributed by atoms with Gasteiger partial charge in [0.1, 0.15) is 6.04 Å². The van der Waals surface area contributed by atoms with E-state index >= 15 is 0 Å². The average Bonchev–Trinajstić information content (AvgIpc) is 2.53. The first kappa shape index (κ1) is 15.3. The van der Waals surface area contributed by atoms with Gasteiger partial charge in [-0.3, -0.25) is 4.79 Å². The maximum Gasteiger partial charge on any atom is 0.429 e. The van der Waals surface area contributed by atoms with E-state index in [1.165, 1.54) is 0 Å². The minimum absolute atomic E-state index is 0.0637. The summed E-state index contributed by atoms with van der Waals surface area (Å²) in [7, 11) is 0. The molecule has 0 saturated carbocycles. The molecule has 0 spiro atoms. The van der Waals surface area contributed by atoms with Crippen molar-refractivity contribution in [2.45, 2.75) is 13.0 Å². The molecule has 0 heterocycles. The summed E-state index contributed by atoms with van der Waals surface area (Å²) in [6.07, 6.45) is 0. The first-order valence-electron chi connectivity index (χ1n) is 6.89. The first-order valence-corrected chi connectivity index (χ1v) is 6.89. The number of hydrogen-bond donors (Lipinski definition) is 2. The number of aryl methyl sites for hydroxylation is 1. The van der Waals surface area contributed by atoms with Gasteiger partial charge in [-0.2, -0.15) is 0 Å². The van der Waals surface area contributed by atoms with E-state index in [4.69, 9.17) is 16.1 Å². The third kappa shape index (κ3) is 3.94. The van der Waals surface area contributed by atoms with E-state index < -0.39 is 18.9 Å². The molecule has 0 aliphatic rings. The summed E-state index contributed by atoms with van der Waals surface area (Å²) in [6, 6.07) is 16.7. The minimum Gasteiger partial charge on any atom is -0.525 e. The molecule has 2 aromatic rings. The van der Waals surface area contributed by atoms with Gasteiger partial charge in [0.15, 0.2) is 0 Å². The molecule has 5 heteroatoms. The van der Waals surface area contributed by atoms with E-state index in [1.54, 1.807) is 0 Å². The Hall–Kier alpha value is -2.11.